The number of benzene rings is 2. The molecule has 0 fully saturated rings. The molecular formula is C21H25N5O2S. The van der Waals surface area contributed by atoms with Gasteiger partial charge in [-0.25, -0.2) is 4.68 Å². The first kappa shape index (κ1) is 20.7. The first-order chi connectivity index (χ1) is 14.0. The van der Waals surface area contributed by atoms with Crippen LogP contribution in [0.5, 0.6) is 5.75 Å². The van der Waals surface area contributed by atoms with Crippen LogP contribution in [0.2, 0.25) is 0 Å². The molecule has 2 aromatic carbocycles. The highest BCUT2D eigenvalue weighted by Crippen LogP contribution is 2.26. The minimum absolute atomic E-state index is 0.166. The summed E-state index contributed by atoms with van der Waals surface area (Å²) in [5.41, 5.74) is 2.90. The molecule has 0 spiro atoms. The van der Waals surface area contributed by atoms with Gasteiger partial charge in [0.1, 0.15) is 5.75 Å². The van der Waals surface area contributed by atoms with E-state index in [0.29, 0.717) is 28.8 Å². The van der Waals surface area contributed by atoms with Crippen molar-refractivity contribution in [2.24, 2.45) is 0 Å². The summed E-state index contributed by atoms with van der Waals surface area (Å²) in [6.07, 6.45) is 0.667. The number of nitrogens with zero attached hydrogens (tertiary/aromatic N) is 3. The van der Waals surface area contributed by atoms with Crippen LogP contribution in [0, 0.1) is 6.92 Å². The molecule has 0 aliphatic carbocycles. The highest BCUT2D eigenvalue weighted by molar-refractivity contribution is 7.99. The van der Waals surface area contributed by atoms with Crippen molar-refractivity contribution in [3.8, 4) is 5.75 Å². The normalized spacial score (nSPS) is 11.8. The van der Waals surface area contributed by atoms with E-state index in [2.05, 4.69) is 34.6 Å². The van der Waals surface area contributed by atoms with Crippen molar-refractivity contribution in [1.29, 1.82) is 0 Å². The molecule has 152 valence electrons. The van der Waals surface area contributed by atoms with E-state index in [-0.39, 0.29) is 17.6 Å². The molecule has 1 heterocycles. The maximum Gasteiger partial charge on any atom is 0.234 e. The van der Waals surface area contributed by atoms with E-state index in [1.807, 2.05) is 43.3 Å². The van der Waals surface area contributed by atoms with E-state index in [1.165, 1.54) is 22.0 Å². The third-order valence-corrected chi connectivity index (χ3v) is 5.50. The van der Waals surface area contributed by atoms with Crippen LogP contribution >= 0.6 is 11.8 Å². The molecule has 3 N–H and O–H groups in total. The largest absolute Gasteiger partial charge is 0.495 e. The van der Waals surface area contributed by atoms with E-state index in [9.17, 15) is 4.79 Å². The monoisotopic (exact) mass is 411 g/mol. The summed E-state index contributed by atoms with van der Waals surface area (Å²) < 4.78 is 6.75. The molecule has 0 radical (unpaired) electrons. The van der Waals surface area contributed by atoms with Crippen LogP contribution in [-0.2, 0) is 11.2 Å². The van der Waals surface area contributed by atoms with Gasteiger partial charge < -0.3 is 15.9 Å². The second kappa shape index (κ2) is 9.47. The number of aryl methyl sites for hydroxylation is 1. The lowest BCUT2D eigenvalue weighted by atomic mass is 9.98. The quantitative estimate of drug-likeness (QED) is 0.436. The molecule has 1 amide bonds. The predicted octanol–water partition coefficient (Wildman–Crippen LogP) is 3.39. The van der Waals surface area contributed by atoms with E-state index in [0.717, 1.165) is 5.56 Å². The Bertz CT molecular complexity index is 974. The SMILES string of the molecule is COc1ccc(C)cc1NC(=O)CSc1nnc(C[C@@H](C)c2ccccc2)n1N. The lowest BCUT2D eigenvalue weighted by molar-refractivity contribution is -0.113. The summed E-state index contributed by atoms with van der Waals surface area (Å²) in [6.45, 7) is 4.08. The molecule has 1 atom stereocenters. The van der Waals surface area contributed by atoms with Gasteiger partial charge in [0.15, 0.2) is 5.82 Å². The van der Waals surface area contributed by atoms with Crippen molar-refractivity contribution >= 4 is 23.4 Å². The number of hydrogen-bond donors (Lipinski definition) is 2. The Morgan fingerprint density at radius 3 is 2.72 bits per heavy atom. The number of aromatic nitrogens is 3. The number of carbonyl (C=O) groups is 1. The molecule has 0 bridgehead atoms. The maximum atomic E-state index is 12.4. The number of hydrogen-bond acceptors (Lipinski definition) is 6. The van der Waals surface area contributed by atoms with Crippen LogP contribution in [-0.4, -0.2) is 33.6 Å². The Morgan fingerprint density at radius 1 is 1.24 bits per heavy atom. The molecular weight excluding hydrogens is 386 g/mol. The zero-order valence-corrected chi connectivity index (χ0v) is 17.6. The maximum absolute atomic E-state index is 12.4. The fourth-order valence-corrected chi connectivity index (χ4v) is 3.63. The van der Waals surface area contributed by atoms with Gasteiger partial charge in [-0.3, -0.25) is 4.79 Å². The average molecular weight is 412 g/mol. The minimum atomic E-state index is -0.166. The van der Waals surface area contributed by atoms with Gasteiger partial charge in [0.2, 0.25) is 11.1 Å². The average Bonchev–Trinajstić information content (AvgIpc) is 3.06. The van der Waals surface area contributed by atoms with Crippen LogP contribution in [0.25, 0.3) is 0 Å². The fourth-order valence-electron chi connectivity index (χ4n) is 2.95. The number of nitrogen functional groups attached to an aromatic ring is 1. The lowest BCUT2D eigenvalue weighted by Gasteiger charge is -2.12. The Balaban J connectivity index is 1.59. The Kier molecular flexibility index (Phi) is 6.77. The Morgan fingerprint density at radius 2 is 2.00 bits per heavy atom. The zero-order valence-electron chi connectivity index (χ0n) is 16.8. The molecule has 8 heteroatoms. The van der Waals surface area contributed by atoms with Crippen LogP contribution in [0.15, 0.2) is 53.7 Å². The summed E-state index contributed by atoms with van der Waals surface area (Å²) >= 11 is 1.25. The smallest absolute Gasteiger partial charge is 0.234 e. The third kappa shape index (κ3) is 5.29. The molecule has 1 aromatic heterocycles. The second-order valence-corrected chi connectivity index (χ2v) is 7.77. The number of methoxy groups -OCH3 is 1. The van der Waals surface area contributed by atoms with Crippen LogP contribution in [0.4, 0.5) is 5.69 Å². The van der Waals surface area contributed by atoms with E-state index in [4.69, 9.17) is 10.6 Å². The molecule has 7 nitrogen and oxygen atoms in total. The van der Waals surface area contributed by atoms with Crippen LogP contribution in [0.3, 0.4) is 0 Å². The molecule has 3 aromatic rings. The van der Waals surface area contributed by atoms with Crippen molar-refractivity contribution in [3.63, 3.8) is 0 Å². The number of nitrogens with two attached hydrogens (primary N) is 1. The van der Waals surface area contributed by atoms with Gasteiger partial charge in [-0.1, -0.05) is 55.1 Å². The lowest BCUT2D eigenvalue weighted by Crippen LogP contribution is -2.18. The van der Waals surface area contributed by atoms with Gasteiger partial charge in [0.05, 0.1) is 18.6 Å². The highest BCUT2D eigenvalue weighted by atomic mass is 32.2. The van der Waals surface area contributed by atoms with Gasteiger partial charge in [-0.05, 0) is 36.1 Å². The number of carbonyl (C=O) groups excluding carboxylic acids is 1. The Labute approximate surface area is 174 Å². The fraction of sp³-hybridized carbons (Fsp3) is 0.286. The van der Waals surface area contributed by atoms with Crippen molar-refractivity contribution in [1.82, 2.24) is 14.9 Å². The summed E-state index contributed by atoms with van der Waals surface area (Å²) in [6, 6.07) is 15.8. The van der Waals surface area contributed by atoms with Gasteiger partial charge in [0, 0.05) is 6.42 Å². The molecule has 0 unspecified atom stereocenters. The summed E-state index contributed by atoms with van der Waals surface area (Å²) in [4.78, 5) is 12.4. The number of thioether (sulfide) groups is 1. The minimum Gasteiger partial charge on any atom is -0.495 e. The summed E-state index contributed by atoms with van der Waals surface area (Å²) in [5, 5.41) is 11.7. The second-order valence-electron chi connectivity index (χ2n) is 6.83. The number of nitrogens with one attached hydrogen (secondary N) is 1. The molecule has 0 aliphatic heterocycles. The van der Waals surface area contributed by atoms with Gasteiger partial charge >= 0.3 is 0 Å². The van der Waals surface area contributed by atoms with E-state index < -0.39 is 0 Å². The topological polar surface area (TPSA) is 95.1 Å². The molecule has 0 aliphatic rings. The zero-order chi connectivity index (χ0) is 20.8. The van der Waals surface area contributed by atoms with E-state index >= 15 is 0 Å². The van der Waals surface area contributed by atoms with Gasteiger partial charge in [0.25, 0.3) is 0 Å². The van der Waals surface area contributed by atoms with E-state index in [1.54, 1.807) is 7.11 Å². The van der Waals surface area contributed by atoms with Crippen molar-refractivity contribution in [2.75, 3.05) is 24.0 Å². The number of anilines is 1. The standard InChI is InChI=1S/C21H25N5O2S/c1-14-9-10-18(28-3)17(11-14)23-20(27)13-29-21-25-24-19(26(21)22)12-15(2)16-7-5-4-6-8-16/h4-11,15H,12-13,22H2,1-3H3,(H,23,27)/t15-/m1/s1. The highest BCUT2D eigenvalue weighted by Gasteiger charge is 2.16. The van der Waals surface area contributed by atoms with Crippen molar-refractivity contribution < 1.29 is 9.53 Å². The molecule has 29 heavy (non-hydrogen) atoms. The summed E-state index contributed by atoms with van der Waals surface area (Å²) in [7, 11) is 1.57. The molecule has 0 saturated carbocycles. The van der Waals surface area contributed by atoms with Gasteiger partial charge in [-0.15, -0.1) is 10.2 Å². The third-order valence-electron chi connectivity index (χ3n) is 4.55. The predicted molar refractivity (Wildman–Crippen MR) is 116 cm³/mol. The number of ether oxygens (including phenoxy) is 1. The van der Waals surface area contributed by atoms with Crippen molar-refractivity contribution in [2.45, 2.75) is 31.3 Å². The first-order valence-corrected chi connectivity index (χ1v) is 10.3. The first-order valence-electron chi connectivity index (χ1n) is 9.29. The van der Waals surface area contributed by atoms with Crippen molar-refractivity contribution in [3.05, 3.63) is 65.5 Å². The van der Waals surface area contributed by atoms with Crippen LogP contribution in [0.1, 0.15) is 29.8 Å². The van der Waals surface area contributed by atoms with Gasteiger partial charge in [-0.2, -0.15) is 0 Å². The molecule has 0 saturated heterocycles. The number of rotatable bonds is 8. The Hall–Kier alpha value is -3.00. The molecule has 3 rings (SSSR count). The number of amides is 1. The summed E-state index contributed by atoms with van der Waals surface area (Å²) in [5.74, 6) is 7.72. The van der Waals surface area contributed by atoms with Crippen LogP contribution < -0.4 is 15.9 Å².